The quantitative estimate of drug-likeness (QED) is 0.395. The maximum absolute atomic E-state index is 13.1. The number of nitrogens with two attached hydrogens (primary N) is 2. The predicted molar refractivity (Wildman–Crippen MR) is 112 cm³/mol. The Bertz CT molecular complexity index is 1050. The monoisotopic (exact) mass is 400 g/mol. The molecule has 0 aliphatic heterocycles. The van der Waals surface area contributed by atoms with E-state index >= 15 is 0 Å². The average Bonchev–Trinajstić information content (AvgIpc) is 3.17. The fourth-order valence-corrected chi connectivity index (χ4v) is 3.30. The summed E-state index contributed by atoms with van der Waals surface area (Å²) in [4.78, 5) is 29.1. The number of pyridine rings is 1. The zero-order chi connectivity index (χ0) is 20.3. The Morgan fingerprint density at radius 2 is 2.00 bits per heavy atom. The number of anilines is 1. The number of carbonyl (C=O) groups excluding carboxylic acids is 1. The summed E-state index contributed by atoms with van der Waals surface area (Å²) in [6.07, 6.45) is 0. The minimum absolute atomic E-state index is 0.0183. The number of benzene rings is 1. The van der Waals surface area contributed by atoms with Gasteiger partial charge in [0.25, 0.3) is 11.5 Å². The number of nitrogen functional groups attached to an aromatic ring is 1. The van der Waals surface area contributed by atoms with E-state index in [1.807, 2.05) is 0 Å². The van der Waals surface area contributed by atoms with Crippen molar-refractivity contribution in [3.05, 3.63) is 56.1 Å². The molecule has 0 saturated heterocycles. The molecule has 0 fully saturated rings. The molecule has 0 spiro atoms. The van der Waals surface area contributed by atoms with Crippen LogP contribution in [-0.2, 0) is 0 Å². The van der Waals surface area contributed by atoms with Crippen molar-refractivity contribution in [2.75, 3.05) is 5.73 Å². The fourth-order valence-electron chi connectivity index (χ4n) is 2.75. The number of aromatic nitrogens is 2. The first kappa shape index (κ1) is 20.6. The normalized spacial score (nSPS) is 10.2. The fraction of sp³-hybridized carbons (Fsp3) is 0.118. The van der Waals surface area contributed by atoms with Crippen LogP contribution < -0.4 is 17.0 Å². The van der Waals surface area contributed by atoms with Crippen LogP contribution in [0.1, 0.15) is 21.5 Å². The third kappa shape index (κ3) is 3.72. The molecular formula is C17H17BN4O3S2. The van der Waals surface area contributed by atoms with Gasteiger partial charge in [0.05, 0.1) is 28.0 Å². The van der Waals surface area contributed by atoms with Crippen LogP contribution in [0.3, 0.4) is 0 Å². The number of amides is 1. The molecule has 7 nitrogen and oxygen atoms in total. The van der Waals surface area contributed by atoms with Crippen molar-refractivity contribution in [2.24, 2.45) is 5.73 Å². The maximum Gasteiger partial charge on any atom is 0.266 e. The Balaban J connectivity index is 0.00000126. The lowest BCUT2D eigenvalue weighted by molar-refractivity contribution is 0.100. The number of thiazole rings is 1. The van der Waals surface area contributed by atoms with Crippen molar-refractivity contribution >= 4 is 42.7 Å². The molecule has 2 heterocycles. The van der Waals surface area contributed by atoms with Crippen molar-refractivity contribution in [2.45, 2.75) is 13.8 Å². The number of nitrogens with zero attached hydrogens (tertiary/aromatic N) is 2. The van der Waals surface area contributed by atoms with Gasteiger partial charge in [0.1, 0.15) is 11.6 Å². The lowest BCUT2D eigenvalue weighted by atomic mass is 10.1. The molecular weight excluding hydrogens is 383 g/mol. The zero-order valence-corrected chi connectivity index (χ0v) is 16.3. The van der Waals surface area contributed by atoms with Crippen molar-refractivity contribution in [3.63, 3.8) is 0 Å². The Morgan fingerprint density at radius 1 is 1.33 bits per heavy atom. The second-order valence-corrected chi connectivity index (χ2v) is 6.33. The van der Waals surface area contributed by atoms with E-state index in [1.54, 1.807) is 30.8 Å². The van der Waals surface area contributed by atoms with Crippen molar-refractivity contribution in [1.82, 2.24) is 9.55 Å². The Hall–Kier alpha value is -2.72. The molecule has 0 bridgehead atoms. The standard InChI is InChI=1S/C17H16N4O3S.BHS/c1-8-3-4-13(22)9(2)14(8)21-15(18)11(16(19)23)5-10(17(21)24)12-6-25-7-20-12;1-2/h3-7,22H,18H2,1-2H3,(H2,19,23);2H. The Kier molecular flexibility index (Phi) is 6.34. The highest BCUT2D eigenvalue weighted by molar-refractivity contribution is 8.03. The van der Waals surface area contributed by atoms with E-state index < -0.39 is 11.5 Å². The van der Waals surface area contributed by atoms with Crippen LogP contribution in [-0.4, -0.2) is 27.7 Å². The molecule has 3 aromatic rings. The number of carbonyl (C=O) groups is 1. The van der Waals surface area contributed by atoms with Gasteiger partial charge in [-0.1, -0.05) is 6.07 Å². The van der Waals surface area contributed by atoms with Gasteiger partial charge < -0.3 is 16.6 Å². The van der Waals surface area contributed by atoms with E-state index in [9.17, 15) is 14.7 Å². The molecule has 0 aliphatic carbocycles. The maximum atomic E-state index is 13.1. The molecule has 2 radical (unpaired) electrons. The van der Waals surface area contributed by atoms with E-state index in [-0.39, 0.29) is 22.7 Å². The van der Waals surface area contributed by atoms with Gasteiger partial charge in [0.2, 0.25) is 0 Å². The van der Waals surface area contributed by atoms with Gasteiger partial charge in [0, 0.05) is 10.9 Å². The minimum Gasteiger partial charge on any atom is -0.508 e. The van der Waals surface area contributed by atoms with Crippen LogP contribution in [0, 0.1) is 13.8 Å². The second kappa shape index (κ2) is 8.32. The summed E-state index contributed by atoms with van der Waals surface area (Å²) in [5.74, 6) is -0.807. The second-order valence-electron chi connectivity index (χ2n) is 5.61. The van der Waals surface area contributed by atoms with Crippen molar-refractivity contribution < 1.29 is 9.90 Å². The lowest BCUT2D eigenvalue weighted by Crippen LogP contribution is -2.28. The number of hydrogen-bond donors (Lipinski definition) is 4. The van der Waals surface area contributed by atoms with Crippen LogP contribution in [0.5, 0.6) is 5.75 Å². The highest BCUT2D eigenvalue weighted by Crippen LogP contribution is 2.29. The summed E-state index contributed by atoms with van der Waals surface area (Å²) in [6, 6.07) is 4.57. The third-order valence-electron chi connectivity index (χ3n) is 4.04. The molecule has 0 atom stereocenters. The van der Waals surface area contributed by atoms with Crippen LogP contribution in [0.25, 0.3) is 16.9 Å². The highest BCUT2D eigenvalue weighted by atomic mass is 32.1. The van der Waals surface area contributed by atoms with Crippen LogP contribution in [0.4, 0.5) is 5.82 Å². The number of aromatic hydroxyl groups is 1. The van der Waals surface area contributed by atoms with Crippen LogP contribution in [0.2, 0.25) is 0 Å². The minimum atomic E-state index is -0.752. The van der Waals surface area contributed by atoms with E-state index in [0.29, 0.717) is 16.9 Å². The van der Waals surface area contributed by atoms with Crippen LogP contribution >= 0.6 is 23.8 Å². The summed E-state index contributed by atoms with van der Waals surface area (Å²) >= 11 is 4.35. The zero-order valence-electron chi connectivity index (χ0n) is 14.6. The van der Waals surface area contributed by atoms with E-state index in [2.05, 4.69) is 24.6 Å². The number of primary amides is 1. The first-order chi connectivity index (χ1) is 12.8. The summed E-state index contributed by atoms with van der Waals surface area (Å²) in [5.41, 5.74) is 14.9. The average molecular weight is 400 g/mol. The molecule has 0 unspecified atom stereocenters. The van der Waals surface area contributed by atoms with Crippen molar-refractivity contribution in [3.8, 4) is 22.7 Å². The number of hydrogen-bond acceptors (Lipinski definition) is 7. The topological polar surface area (TPSA) is 124 Å². The Labute approximate surface area is 166 Å². The molecule has 1 aromatic carbocycles. The molecule has 5 N–H and O–H groups in total. The predicted octanol–water partition coefficient (Wildman–Crippen LogP) is 1.96. The first-order valence-electron chi connectivity index (χ1n) is 7.62. The third-order valence-corrected chi connectivity index (χ3v) is 4.63. The molecule has 0 aliphatic rings. The smallest absolute Gasteiger partial charge is 0.266 e. The summed E-state index contributed by atoms with van der Waals surface area (Å²) < 4.78 is 1.21. The lowest BCUT2D eigenvalue weighted by Gasteiger charge is -2.18. The summed E-state index contributed by atoms with van der Waals surface area (Å²) in [6.45, 7) is 3.45. The number of aryl methyl sites for hydroxylation is 1. The highest BCUT2D eigenvalue weighted by Gasteiger charge is 2.21. The molecule has 3 rings (SSSR count). The molecule has 1 amide bonds. The SMILES string of the molecule is Cc1ccc(O)c(C)c1-n1c(N)c(C(N)=O)cc(-c2cscn2)c1=O.[B]S. The molecule has 0 saturated carbocycles. The van der Waals surface area contributed by atoms with Gasteiger partial charge >= 0.3 is 0 Å². The number of thiol groups is 1. The van der Waals surface area contributed by atoms with Gasteiger partial charge in [-0.2, -0.15) is 0 Å². The molecule has 27 heavy (non-hydrogen) atoms. The summed E-state index contributed by atoms with van der Waals surface area (Å²) in [7, 11) is 4.19. The Morgan fingerprint density at radius 3 is 2.56 bits per heavy atom. The van der Waals surface area contributed by atoms with Gasteiger partial charge in [0.15, 0.2) is 7.12 Å². The number of phenols is 1. The summed E-state index contributed by atoms with van der Waals surface area (Å²) in [5, 5.41) is 11.7. The van der Waals surface area contributed by atoms with Gasteiger partial charge in [-0.15, -0.1) is 11.3 Å². The largest absolute Gasteiger partial charge is 0.508 e. The van der Waals surface area contributed by atoms with Crippen LogP contribution in [0.15, 0.2) is 33.9 Å². The molecule has 2 aromatic heterocycles. The van der Waals surface area contributed by atoms with Gasteiger partial charge in [-0.3, -0.25) is 14.2 Å². The molecule has 138 valence electrons. The number of phenolic OH excluding ortho intramolecular Hbond substituents is 1. The number of rotatable bonds is 3. The van der Waals surface area contributed by atoms with Crippen molar-refractivity contribution in [1.29, 1.82) is 0 Å². The first-order valence-corrected chi connectivity index (χ1v) is 9.08. The van der Waals surface area contributed by atoms with Gasteiger partial charge in [-0.05, 0) is 31.5 Å². The molecule has 10 heteroatoms. The van der Waals surface area contributed by atoms with E-state index in [4.69, 9.17) is 11.5 Å². The van der Waals surface area contributed by atoms with Gasteiger partial charge in [-0.25, -0.2) is 17.5 Å². The van der Waals surface area contributed by atoms with E-state index in [0.717, 1.165) is 5.56 Å². The van der Waals surface area contributed by atoms with E-state index in [1.165, 1.54) is 28.0 Å².